The summed E-state index contributed by atoms with van der Waals surface area (Å²) >= 11 is 3.87. The molecule has 30 heavy (non-hydrogen) atoms. The average Bonchev–Trinajstić information content (AvgIpc) is 2.67. The highest BCUT2D eigenvalue weighted by Gasteiger charge is 2.21. The van der Waals surface area contributed by atoms with Crippen LogP contribution in [0.3, 0.4) is 0 Å². The summed E-state index contributed by atoms with van der Waals surface area (Å²) in [5.41, 5.74) is 4.97. The molecule has 13 nitrogen and oxygen atoms in total. The fourth-order valence-corrected chi connectivity index (χ4v) is 1.73. The highest BCUT2D eigenvalue weighted by atomic mass is 32.1. The number of aliphatic carboxylic acids is 4. The van der Waals surface area contributed by atoms with E-state index in [1.54, 1.807) is 0 Å². The van der Waals surface area contributed by atoms with Crippen molar-refractivity contribution in [1.82, 2.24) is 10.6 Å². The molecule has 14 heteroatoms. The second-order valence-electron chi connectivity index (χ2n) is 5.76. The summed E-state index contributed by atoms with van der Waals surface area (Å²) in [5.74, 6) is -6.09. The summed E-state index contributed by atoms with van der Waals surface area (Å²) in [6, 6.07) is -2.15. The molecule has 2 atom stereocenters. The van der Waals surface area contributed by atoms with Crippen LogP contribution in [-0.2, 0) is 28.8 Å². The maximum atomic E-state index is 11.5. The zero-order valence-corrected chi connectivity index (χ0v) is 17.1. The van der Waals surface area contributed by atoms with Crippen LogP contribution in [0.15, 0.2) is 11.1 Å². The van der Waals surface area contributed by atoms with E-state index < -0.39 is 54.3 Å². The number of carboxylic acids is 4. The molecule has 0 aromatic rings. The SMILES string of the molecule is C/C(C(=O)O)=C(/C)C(=O)O.NC(CCC(=O)NC(CS)C(=O)NCC(=O)O)C(=O)O. The third-order valence-electron chi connectivity index (χ3n) is 3.45. The number of carboxylic acid groups (broad SMARTS) is 4. The van der Waals surface area contributed by atoms with E-state index in [2.05, 4.69) is 23.3 Å². The van der Waals surface area contributed by atoms with E-state index in [0.717, 1.165) is 0 Å². The third-order valence-corrected chi connectivity index (χ3v) is 3.82. The van der Waals surface area contributed by atoms with Crippen molar-refractivity contribution in [1.29, 1.82) is 0 Å². The van der Waals surface area contributed by atoms with Crippen LogP contribution in [0.2, 0.25) is 0 Å². The zero-order chi connectivity index (χ0) is 24.0. The van der Waals surface area contributed by atoms with E-state index in [1.165, 1.54) is 13.8 Å². The fraction of sp³-hybridized carbons (Fsp3) is 0.500. The molecule has 0 rings (SSSR count). The van der Waals surface area contributed by atoms with Gasteiger partial charge in [0.25, 0.3) is 0 Å². The van der Waals surface area contributed by atoms with Crippen LogP contribution in [0.1, 0.15) is 26.7 Å². The molecule has 0 aliphatic heterocycles. The Bertz CT molecular complexity index is 685. The number of thiol groups is 1. The lowest BCUT2D eigenvalue weighted by molar-refractivity contribution is -0.139. The van der Waals surface area contributed by atoms with Gasteiger partial charge in [0.1, 0.15) is 18.6 Å². The van der Waals surface area contributed by atoms with E-state index in [-0.39, 0.29) is 29.7 Å². The van der Waals surface area contributed by atoms with Crippen LogP contribution in [0.5, 0.6) is 0 Å². The van der Waals surface area contributed by atoms with Crippen molar-refractivity contribution >= 4 is 48.3 Å². The molecule has 0 spiro atoms. The molecular formula is C16H25N3O10S. The van der Waals surface area contributed by atoms with Crippen molar-refractivity contribution in [2.45, 2.75) is 38.8 Å². The lowest BCUT2D eigenvalue weighted by atomic mass is 10.1. The van der Waals surface area contributed by atoms with Crippen LogP contribution < -0.4 is 16.4 Å². The Morgan fingerprint density at radius 1 is 0.933 bits per heavy atom. The highest BCUT2D eigenvalue weighted by Crippen LogP contribution is 2.02. The number of amides is 2. The highest BCUT2D eigenvalue weighted by molar-refractivity contribution is 7.80. The van der Waals surface area contributed by atoms with Gasteiger partial charge in [0.2, 0.25) is 11.8 Å². The van der Waals surface area contributed by atoms with Crippen molar-refractivity contribution in [3.8, 4) is 0 Å². The van der Waals surface area contributed by atoms with Gasteiger partial charge < -0.3 is 36.8 Å². The normalized spacial score (nSPS) is 12.8. The predicted molar refractivity (Wildman–Crippen MR) is 105 cm³/mol. The van der Waals surface area contributed by atoms with Gasteiger partial charge in [-0.15, -0.1) is 0 Å². The minimum Gasteiger partial charge on any atom is -0.480 e. The largest absolute Gasteiger partial charge is 0.480 e. The molecule has 0 aromatic heterocycles. The molecule has 0 radical (unpaired) electrons. The molecular weight excluding hydrogens is 426 g/mol. The number of carbonyl (C=O) groups excluding carboxylic acids is 2. The van der Waals surface area contributed by atoms with E-state index in [9.17, 15) is 28.8 Å². The molecule has 0 aliphatic carbocycles. The second kappa shape index (κ2) is 14.8. The smallest absolute Gasteiger partial charge is 0.331 e. The molecule has 0 saturated heterocycles. The molecule has 170 valence electrons. The Balaban J connectivity index is 0. The molecule has 0 aromatic carbocycles. The van der Waals surface area contributed by atoms with E-state index in [1.807, 2.05) is 0 Å². The summed E-state index contributed by atoms with van der Waals surface area (Å²) in [6.45, 7) is 1.94. The van der Waals surface area contributed by atoms with Crippen LogP contribution in [0.25, 0.3) is 0 Å². The molecule has 0 fully saturated rings. The summed E-state index contributed by atoms with van der Waals surface area (Å²) in [4.78, 5) is 64.0. The lowest BCUT2D eigenvalue weighted by Gasteiger charge is -2.16. The molecule has 2 amide bonds. The van der Waals surface area contributed by atoms with Gasteiger partial charge in [-0.2, -0.15) is 12.6 Å². The van der Waals surface area contributed by atoms with E-state index in [4.69, 9.17) is 26.2 Å². The molecule has 0 saturated carbocycles. The van der Waals surface area contributed by atoms with Crippen LogP contribution >= 0.6 is 12.6 Å². The molecule has 0 heterocycles. The fourth-order valence-electron chi connectivity index (χ4n) is 1.48. The number of nitrogens with one attached hydrogen (secondary N) is 2. The number of hydrogen-bond donors (Lipinski definition) is 8. The Hall–Kier alpha value is -3.13. The Morgan fingerprint density at radius 3 is 1.73 bits per heavy atom. The minimum atomic E-state index is -1.22. The van der Waals surface area contributed by atoms with Gasteiger partial charge in [0.05, 0.1) is 0 Å². The summed E-state index contributed by atoms with van der Waals surface area (Å²) in [7, 11) is 0. The first-order valence-electron chi connectivity index (χ1n) is 8.26. The van der Waals surface area contributed by atoms with Crippen molar-refractivity contribution in [2.24, 2.45) is 5.73 Å². The summed E-state index contributed by atoms with van der Waals surface area (Å²) in [5, 5.41) is 37.9. The van der Waals surface area contributed by atoms with Crippen molar-refractivity contribution < 1.29 is 49.2 Å². The standard InChI is InChI=1S/C10H17N3O6S.C6H8O4/c11-5(10(18)19)1-2-7(14)13-6(4-20)9(17)12-3-8(15)16;1-3(5(7)8)4(2)6(9)10/h5-6,20H,1-4,11H2,(H,12,17)(H,13,14)(H,15,16)(H,18,19);1-2H3,(H,7,8)(H,9,10)/b;4-3+. The van der Waals surface area contributed by atoms with E-state index >= 15 is 0 Å². The van der Waals surface area contributed by atoms with E-state index in [0.29, 0.717) is 0 Å². The first-order chi connectivity index (χ1) is 13.7. The van der Waals surface area contributed by atoms with Crippen LogP contribution in [-0.4, -0.2) is 80.5 Å². The van der Waals surface area contributed by atoms with Crippen molar-refractivity contribution in [2.75, 3.05) is 12.3 Å². The number of rotatable bonds is 11. The van der Waals surface area contributed by atoms with Crippen LogP contribution in [0, 0.1) is 0 Å². The summed E-state index contributed by atoms with van der Waals surface area (Å²) in [6.07, 6.45) is -0.235. The summed E-state index contributed by atoms with van der Waals surface area (Å²) < 4.78 is 0. The zero-order valence-electron chi connectivity index (χ0n) is 16.2. The third kappa shape index (κ3) is 13.1. The van der Waals surface area contributed by atoms with Gasteiger partial charge in [0, 0.05) is 23.3 Å². The first-order valence-corrected chi connectivity index (χ1v) is 8.89. The van der Waals surface area contributed by atoms with Gasteiger partial charge in [0.15, 0.2) is 0 Å². The van der Waals surface area contributed by atoms with Gasteiger partial charge in [-0.3, -0.25) is 19.2 Å². The Kier molecular flexibility index (Phi) is 14.4. The van der Waals surface area contributed by atoms with Gasteiger partial charge in [-0.05, 0) is 20.3 Å². The predicted octanol–water partition coefficient (Wildman–Crippen LogP) is -1.71. The minimum absolute atomic E-state index is 0.0256. The Morgan fingerprint density at radius 2 is 1.40 bits per heavy atom. The molecule has 2 unspecified atom stereocenters. The van der Waals surface area contributed by atoms with Crippen LogP contribution in [0.4, 0.5) is 0 Å². The Labute approximate surface area is 176 Å². The maximum Gasteiger partial charge on any atom is 0.331 e. The molecule has 8 N–H and O–H groups in total. The molecule has 0 bridgehead atoms. The first kappa shape index (κ1) is 29.1. The number of hydrogen-bond acceptors (Lipinski definition) is 8. The molecule has 0 aliphatic rings. The monoisotopic (exact) mass is 451 g/mol. The van der Waals surface area contributed by atoms with Crippen molar-refractivity contribution in [3.63, 3.8) is 0 Å². The second-order valence-corrected chi connectivity index (χ2v) is 6.12. The van der Waals surface area contributed by atoms with Gasteiger partial charge in [-0.1, -0.05) is 0 Å². The lowest BCUT2D eigenvalue weighted by Crippen LogP contribution is -2.49. The van der Waals surface area contributed by atoms with Crippen molar-refractivity contribution in [3.05, 3.63) is 11.1 Å². The van der Waals surface area contributed by atoms with Gasteiger partial charge >= 0.3 is 23.9 Å². The number of carbonyl (C=O) groups is 6. The quantitative estimate of drug-likeness (QED) is 0.130. The average molecular weight is 451 g/mol. The number of nitrogens with two attached hydrogens (primary N) is 1. The van der Waals surface area contributed by atoms with Gasteiger partial charge in [-0.25, -0.2) is 9.59 Å². The maximum absolute atomic E-state index is 11.5. The topological polar surface area (TPSA) is 233 Å².